The predicted octanol–water partition coefficient (Wildman–Crippen LogP) is 12.4. The molecule has 2 heterocycles. The standard InChI is InChI=1S/C46H30N2/c1-2-12-31(13-3-1)33-16-10-17-36(28-33)47-43-21-8-6-19-38(43)40-29-34(24-26-45(40)47)35-25-27-46-41(30-35)39-20-7-9-22-44(39)48(46)42-23-11-15-32-14-4-5-18-37(32)42/h1-30H. The number of benzene rings is 8. The maximum atomic E-state index is 2.43. The lowest BCUT2D eigenvalue weighted by atomic mass is 10.0. The second-order valence-electron chi connectivity index (χ2n) is 12.6. The third-order valence-electron chi connectivity index (χ3n) is 9.90. The molecule has 0 atom stereocenters. The molecule has 2 aromatic heterocycles. The van der Waals surface area contributed by atoms with Gasteiger partial charge in [-0.05, 0) is 82.2 Å². The van der Waals surface area contributed by atoms with Crippen molar-refractivity contribution in [3.8, 4) is 33.6 Å². The van der Waals surface area contributed by atoms with Crippen LogP contribution in [-0.4, -0.2) is 9.13 Å². The molecule has 0 amide bonds. The van der Waals surface area contributed by atoms with Crippen molar-refractivity contribution >= 4 is 54.4 Å². The summed E-state index contributed by atoms with van der Waals surface area (Å²) in [6, 6.07) is 66.2. The highest BCUT2D eigenvalue weighted by Gasteiger charge is 2.17. The third kappa shape index (κ3) is 4.06. The Hall–Kier alpha value is -6.38. The van der Waals surface area contributed by atoms with E-state index in [-0.39, 0.29) is 0 Å². The maximum Gasteiger partial charge on any atom is 0.0541 e. The van der Waals surface area contributed by atoms with Gasteiger partial charge in [-0.25, -0.2) is 0 Å². The maximum absolute atomic E-state index is 2.43. The summed E-state index contributed by atoms with van der Waals surface area (Å²) in [5.74, 6) is 0. The van der Waals surface area contributed by atoms with Crippen molar-refractivity contribution in [3.05, 3.63) is 182 Å². The highest BCUT2D eigenvalue weighted by Crippen LogP contribution is 2.39. The summed E-state index contributed by atoms with van der Waals surface area (Å²) in [5, 5.41) is 7.54. The van der Waals surface area contributed by atoms with Gasteiger partial charge in [0.1, 0.15) is 0 Å². The van der Waals surface area contributed by atoms with Gasteiger partial charge in [0.25, 0.3) is 0 Å². The molecule has 10 rings (SSSR count). The smallest absolute Gasteiger partial charge is 0.0541 e. The average Bonchev–Trinajstić information content (AvgIpc) is 3.67. The minimum atomic E-state index is 1.16. The Balaban J connectivity index is 1.16. The van der Waals surface area contributed by atoms with Gasteiger partial charge in [0.05, 0.1) is 27.8 Å². The molecule has 0 bridgehead atoms. The summed E-state index contributed by atoms with van der Waals surface area (Å²) < 4.78 is 4.83. The molecule has 0 aliphatic carbocycles. The number of nitrogens with zero attached hydrogens (tertiary/aromatic N) is 2. The monoisotopic (exact) mass is 610 g/mol. The van der Waals surface area contributed by atoms with Gasteiger partial charge < -0.3 is 9.13 Å². The van der Waals surface area contributed by atoms with Crippen LogP contribution >= 0.6 is 0 Å². The third-order valence-corrected chi connectivity index (χ3v) is 9.90. The molecule has 0 aliphatic rings. The largest absolute Gasteiger partial charge is 0.309 e. The minimum Gasteiger partial charge on any atom is -0.309 e. The van der Waals surface area contributed by atoms with Crippen LogP contribution in [0, 0.1) is 0 Å². The summed E-state index contributed by atoms with van der Waals surface area (Å²) >= 11 is 0. The van der Waals surface area contributed by atoms with E-state index in [0.717, 1.165) is 5.69 Å². The zero-order valence-corrected chi connectivity index (χ0v) is 26.2. The van der Waals surface area contributed by atoms with Gasteiger partial charge in [-0.3, -0.25) is 0 Å². The molecule has 0 N–H and O–H groups in total. The van der Waals surface area contributed by atoms with E-state index in [2.05, 4.69) is 191 Å². The van der Waals surface area contributed by atoms with Gasteiger partial charge in [0.15, 0.2) is 0 Å². The number of aromatic nitrogens is 2. The predicted molar refractivity (Wildman–Crippen MR) is 203 cm³/mol. The molecule has 2 nitrogen and oxygen atoms in total. The number of fused-ring (bicyclic) bond motifs is 7. The first-order valence-corrected chi connectivity index (χ1v) is 16.5. The molecule has 224 valence electrons. The molecule has 0 fully saturated rings. The van der Waals surface area contributed by atoms with E-state index < -0.39 is 0 Å². The first-order valence-electron chi connectivity index (χ1n) is 16.5. The Labute approximate surface area is 278 Å². The van der Waals surface area contributed by atoms with Crippen molar-refractivity contribution in [2.45, 2.75) is 0 Å². The summed E-state index contributed by atoms with van der Waals surface area (Å²) in [5.41, 5.74) is 12.1. The van der Waals surface area contributed by atoms with Crippen LogP contribution in [0.3, 0.4) is 0 Å². The van der Waals surface area contributed by atoms with Gasteiger partial charge in [0, 0.05) is 32.6 Å². The zero-order chi connectivity index (χ0) is 31.6. The van der Waals surface area contributed by atoms with Gasteiger partial charge >= 0.3 is 0 Å². The summed E-state index contributed by atoms with van der Waals surface area (Å²) in [4.78, 5) is 0. The lowest BCUT2D eigenvalue weighted by Gasteiger charge is -2.12. The molecule has 2 heteroatoms. The SMILES string of the molecule is c1ccc(-c2cccc(-n3c4ccccc4c4cc(-c5ccc6c(c5)c5ccccc5n6-c5cccc6ccccc56)ccc43)c2)cc1. The first-order chi connectivity index (χ1) is 23.8. The Morgan fingerprint density at radius 3 is 1.50 bits per heavy atom. The van der Waals surface area contributed by atoms with E-state index in [4.69, 9.17) is 0 Å². The Morgan fingerprint density at radius 1 is 0.271 bits per heavy atom. The first kappa shape index (κ1) is 26.8. The second kappa shape index (κ2) is 10.6. The van der Waals surface area contributed by atoms with E-state index in [0.29, 0.717) is 0 Å². The van der Waals surface area contributed by atoms with Crippen molar-refractivity contribution in [1.82, 2.24) is 9.13 Å². The zero-order valence-electron chi connectivity index (χ0n) is 26.2. The number of hydrogen-bond donors (Lipinski definition) is 0. The quantitative estimate of drug-likeness (QED) is 0.188. The fourth-order valence-electron chi connectivity index (χ4n) is 7.70. The van der Waals surface area contributed by atoms with E-state index in [1.165, 1.54) is 82.3 Å². The van der Waals surface area contributed by atoms with Crippen LogP contribution in [0.15, 0.2) is 182 Å². The molecule has 0 saturated heterocycles. The molecule has 10 aromatic rings. The van der Waals surface area contributed by atoms with Gasteiger partial charge in [-0.2, -0.15) is 0 Å². The number of hydrogen-bond acceptors (Lipinski definition) is 0. The molecule has 8 aromatic carbocycles. The lowest BCUT2D eigenvalue weighted by Crippen LogP contribution is -1.95. The van der Waals surface area contributed by atoms with Gasteiger partial charge in [-0.15, -0.1) is 0 Å². The fourth-order valence-corrected chi connectivity index (χ4v) is 7.70. The van der Waals surface area contributed by atoms with Crippen LogP contribution in [0.25, 0.3) is 88.0 Å². The normalized spacial score (nSPS) is 11.8. The van der Waals surface area contributed by atoms with E-state index >= 15 is 0 Å². The van der Waals surface area contributed by atoms with E-state index in [1.807, 2.05) is 0 Å². The van der Waals surface area contributed by atoms with Crippen LogP contribution in [0.1, 0.15) is 0 Å². The molecule has 48 heavy (non-hydrogen) atoms. The van der Waals surface area contributed by atoms with Gasteiger partial charge in [0.2, 0.25) is 0 Å². The Morgan fingerprint density at radius 2 is 0.771 bits per heavy atom. The molecule has 0 saturated carbocycles. The highest BCUT2D eigenvalue weighted by atomic mass is 15.0. The average molecular weight is 611 g/mol. The number of rotatable bonds is 4. The molecular formula is C46H30N2. The summed E-state index contributed by atoms with van der Waals surface area (Å²) in [6.07, 6.45) is 0. The van der Waals surface area contributed by atoms with E-state index in [9.17, 15) is 0 Å². The summed E-state index contributed by atoms with van der Waals surface area (Å²) in [6.45, 7) is 0. The van der Waals surface area contributed by atoms with Crippen molar-refractivity contribution < 1.29 is 0 Å². The highest BCUT2D eigenvalue weighted by molar-refractivity contribution is 6.13. The van der Waals surface area contributed by atoms with E-state index in [1.54, 1.807) is 0 Å². The second-order valence-corrected chi connectivity index (χ2v) is 12.6. The Kier molecular flexibility index (Phi) is 5.91. The molecular weight excluding hydrogens is 581 g/mol. The van der Waals surface area contributed by atoms with Gasteiger partial charge in [-0.1, -0.05) is 127 Å². The van der Waals surface area contributed by atoms with Crippen molar-refractivity contribution in [2.24, 2.45) is 0 Å². The minimum absolute atomic E-state index is 1.16. The number of para-hydroxylation sites is 2. The molecule has 0 spiro atoms. The fraction of sp³-hybridized carbons (Fsp3) is 0. The lowest BCUT2D eigenvalue weighted by molar-refractivity contribution is 1.18. The Bertz CT molecular complexity index is 2830. The van der Waals surface area contributed by atoms with Crippen molar-refractivity contribution in [3.63, 3.8) is 0 Å². The van der Waals surface area contributed by atoms with Crippen LogP contribution in [-0.2, 0) is 0 Å². The van der Waals surface area contributed by atoms with Crippen LogP contribution in [0.2, 0.25) is 0 Å². The molecule has 0 aliphatic heterocycles. The topological polar surface area (TPSA) is 9.86 Å². The van der Waals surface area contributed by atoms with Crippen molar-refractivity contribution in [2.75, 3.05) is 0 Å². The van der Waals surface area contributed by atoms with Crippen molar-refractivity contribution in [1.29, 1.82) is 0 Å². The van der Waals surface area contributed by atoms with Crippen LogP contribution in [0.4, 0.5) is 0 Å². The summed E-state index contributed by atoms with van der Waals surface area (Å²) in [7, 11) is 0. The van der Waals surface area contributed by atoms with Crippen LogP contribution in [0.5, 0.6) is 0 Å². The van der Waals surface area contributed by atoms with Crippen LogP contribution < -0.4 is 0 Å². The molecule has 0 unspecified atom stereocenters. The molecule has 0 radical (unpaired) electrons.